The van der Waals surface area contributed by atoms with Crippen LogP contribution in [-0.2, 0) is 10.0 Å². The molecule has 4 nitrogen and oxygen atoms in total. The van der Waals surface area contributed by atoms with Gasteiger partial charge in [0.1, 0.15) is 11.6 Å². The number of nitrogens with one attached hydrogen (secondary N) is 1. The lowest BCUT2D eigenvalue weighted by atomic mass is 10.1. The standard InChI is InChI=1S/C11H15F2NO3S/c1-7(6-15)8(2)14-18(16,17)11-4-9(12)3-10(13)5-11/h3-5,7-8,14-15H,6H2,1-2H3. The Morgan fingerprint density at radius 1 is 1.22 bits per heavy atom. The predicted molar refractivity (Wildman–Crippen MR) is 62.4 cm³/mol. The van der Waals surface area contributed by atoms with Crippen LogP contribution in [-0.4, -0.2) is 26.2 Å². The van der Waals surface area contributed by atoms with Crippen molar-refractivity contribution < 1.29 is 22.3 Å². The van der Waals surface area contributed by atoms with Crippen molar-refractivity contribution in [2.45, 2.75) is 24.8 Å². The van der Waals surface area contributed by atoms with Crippen LogP contribution in [0.15, 0.2) is 23.1 Å². The molecule has 102 valence electrons. The zero-order valence-electron chi connectivity index (χ0n) is 10.0. The van der Waals surface area contributed by atoms with Gasteiger partial charge in [0.25, 0.3) is 0 Å². The second-order valence-corrected chi connectivity index (χ2v) is 5.89. The normalized spacial score (nSPS) is 15.4. The Hall–Kier alpha value is -1.05. The average molecular weight is 279 g/mol. The molecule has 0 aliphatic heterocycles. The molecular formula is C11H15F2NO3S. The maximum atomic E-state index is 12.9. The summed E-state index contributed by atoms with van der Waals surface area (Å²) < 4.78 is 51.8. The molecule has 1 aromatic carbocycles. The van der Waals surface area contributed by atoms with E-state index in [1.165, 1.54) is 0 Å². The Balaban J connectivity index is 2.99. The van der Waals surface area contributed by atoms with Crippen LogP contribution in [0.3, 0.4) is 0 Å². The van der Waals surface area contributed by atoms with Crippen molar-refractivity contribution in [3.63, 3.8) is 0 Å². The number of aliphatic hydroxyl groups is 1. The molecule has 0 aliphatic rings. The summed E-state index contributed by atoms with van der Waals surface area (Å²) in [5.41, 5.74) is 0. The van der Waals surface area contributed by atoms with Crippen LogP contribution in [0.2, 0.25) is 0 Å². The minimum absolute atomic E-state index is 0.193. The fourth-order valence-corrected chi connectivity index (χ4v) is 2.66. The van der Waals surface area contributed by atoms with E-state index in [1.807, 2.05) is 0 Å². The van der Waals surface area contributed by atoms with Crippen molar-refractivity contribution in [3.05, 3.63) is 29.8 Å². The summed E-state index contributed by atoms with van der Waals surface area (Å²) >= 11 is 0. The number of rotatable bonds is 5. The molecule has 0 saturated carbocycles. The zero-order chi connectivity index (χ0) is 13.9. The van der Waals surface area contributed by atoms with Crippen LogP contribution in [0.4, 0.5) is 8.78 Å². The number of sulfonamides is 1. The lowest BCUT2D eigenvalue weighted by Gasteiger charge is -2.19. The van der Waals surface area contributed by atoms with Gasteiger partial charge in [-0.3, -0.25) is 0 Å². The monoisotopic (exact) mass is 279 g/mol. The summed E-state index contributed by atoms with van der Waals surface area (Å²) in [7, 11) is -4.00. The first-order valence-corrected chi connectivity index (χ1v) is 6.84. The van der Waals surface area contributed by atoms with E-state index in [0.29, 0.717) is 6.07 Å². The lowest BCUT2D eigenvalue weighted by Crippen LogP contribution is -2.38. The van der Waals surface area contributed by atoms with Gasteiger partial charge in [-0.2, -0.15) is 0 Å². The fraction of sp³-hybridized carbons (Fsp3) is 0.455. The van der Waals surface area contributed by atoms with Gasteiger partial charge in [0.15, 0.2) is 0 Å². The lowest BCUT2D eigenvalue weighted by molar-refractivity contribution is 0.216. The topological polar surface area (TPSA) is 66.4 Å². The van der Waals surface area contributed by atoms with Crippen LogP contribution in [0.25, 0.3) is 0 Å². The highest BCUT2D eigenvalue weighted by Gasteiger charge is 2.21. The van der Waals surface area contributed by atoms with Crippen LogP contribution in [0.5, 0.6) is 0 Å². The van der Waals surface area contributed by atoms with Crippen molar-refractivity contribution in [3.8, 4) is 0 Å². The molecule has 1 rings (SSSR count). The van der Waals surface area contributed by atoms with Gasteiger partial charge in [0.05, 0.1) is 4.90 Å². The summed E-state index contributed by atoms with van der Waals surface area (Å²) in [5, 5.41) is 8.91. The number of hydrogen-bond donors (Lipinski definition) is 2. The van der Waals surface area contributed by atoms with Crippen LogP contribution in [0.1, 0.15) is 13.8 Å². The van der Waals surface area contributed by atoms with Gasteiger partial charge in [-0.1, -0.05) is 6.92 Å². The first-order valence-electron chi connectivity index (χ1n) is 5.35. The van der Waals surface area contributed by atoms with E-state index in [4.69, 9.17) is 5.11 Å². The first kappa shape index (κ1) is 15.0. The SMILES string of the molecule is CC(CO)C(C)NS(=O)(=O)c1cc(F)cc(F)c1. The van der Waals surface area contributed by atoms with E-state index in [1.54, 1.807) is 13.8 Å². The van der Waals surface area contributed by atoms with Crippen LogP contribution >= 0.6 is 0 Å². The molecule has 0 bridgehead atoms. The molecule has 7 heteroatoms. The second-order valence-electron chi connectivity index (χ2n) is 4.17. The summed E-state index contributed by atoms with van der Waals surface area (Å²) in [5.74, 6) is -2.23. The van der Waals surface area contributed by atoms with E-state index in [2.05, 4.69) is 4.72 Å². The molecular weight excluding hydrogens is 264 g/mol. The van der Waals surface area contributed by atoms with Gasteiger partial charge in [0.2, 0.25) is 10.0 Å². The van der Waals surface area contributed by atoms with Gasteiger partial charge in [-0.05, 0) is 25.0 Å². The first-order chi connectivity index (χ1) is 8.26. The Labute approximate surface area is 105 Å². The molecule has 0 amide bonds. The van der Waals surface area contributed by atoms with Crippen molar-refractivity contribution >= 4 is 10.0 Å². The fourth-order valence-electron chi connectivity index (χ4n) is 1.27. The van der Waals surface area contributed by atoms with Crippen molar-refractivity contribution in [1.82, 2.24) is 4.72 Å². The Bertz CT molecular complexity index is 499. The number of benzene rings is 1. The quantitative estimate of drug-likeness (QED) is 0.852. The Morgan fingerprint density at radius 2 is 1.72 bits per heavy atom. The average Bonchev–Trinajstić information content (AvgIpc) is 2.26. The highest BCUT2D eigenvalue weighted by atomic mass is 32.2. The van der Waals surface area contributed by atoms with E-state index in [9.17, 15) is 17.2 Å². The van der Waals surface area contributed by atoms with Gasteiger partial charge in [-0.15, -0.1) is 0 Å². The molecule has 18 heavy (non-hydrogen) atoms. The summed E-state index contributed by atoms with van der Waals surface area (Å²) in [4.78, 5) is -0.475. The van der Waals surface area contributed by atoms with Gasteiger partial charge in [0, 0.05) is 18.7 Å². The molecule has 0 heterocycles. The highest BCUT2D eigenvalue weighted by Crippen LogP contribution is 2.15. The summed E-state index contributed by atoms with van der Waals surface area (Å²) in [6, 6.07) is 1.52. The molecule has 0 saturated heterocycles. The molecule has 0 fully saturated rings. The zero-order valence-corrected chi connectivity index (χ0v) is 10.8. The smallest absolute Gasteiger partial charge is 0.241 e. The van der Waals surface area contributed by atoms with Gasteiger partial charge >= 0.3 is 0 Å². The number of halogens is 2. The summed E-state index contributed by atoms with van der Waals surface area (Å²) in [6.07, 6.45) is 0. The van der Waals surface area contributed by atoms with Crippen molar-refractivity contribution in [2.24, 2.45) is 5.92 Å². The molecule has 2 unspecified atom stereocenters. The van der Waals surface area contributed by atoms with Gasteiger partial charge in [-0.25, -0.2) is 21.9 Å². The molecule has 0 radical (unpaired) electrons. The molecule has 2 atom stereocenters. The van der Waals surface area contributed by atoms with Crippen molar-refractivity contribution in [2.75, 3.05) is 6.61 Å². The van der Waals surface area contributed by atoms with E-state index < -0.39 is 32.6 Å². The maximum absolute atomic E-state index is 12.9. The number of hydrogen-bond acceptors (Lipinski definition) is 3. The Morgan fingerprint density at radius 3 is 2.17 bits per heavy atom. The third-order valence-corrected chi connectivity index (χ3v) is 4.17. The van der Waals surface area contributed by atoms with Crippen molar-refractivity contribution in [1.29, 1.82) is 0 Å². The summed E-state index contributed by atoms with van der Waals surface area (Å²) in [6.45, 7) is 3.02. The van der Waals surface area contributed by atoms with Crippen LogP contribution in [0, 0.1) is 17.6 Å². The highest BCUT2D eigenvalue weighted by molar-refractivity contribution is 7.89. The van der Waals surface area contributed by atoms with E-state index in [-0.39, 0.29) is 12.5 Å². The third-order valence-electron chi connectivity index (χ3n) is 2.63. The number of aliphatic hydroxyl groups excluding tert-OH is 1. The third kappa shape index (κ3) is 3.72. The molecule has 0 spiro atoms. The predicted octanol–water partition coefficient (Wildman–Crippen LogP) is 1.26. The molecule has 2 N–H and O–H groups in total. The second kappa shape index (κ2) is 5.73. The van der Waals surface area contributed by atoms with Crippen LogP contribution < -0.4 is 4.72 Å². The molecule has 0 aromatic heterocycles. The maximum Gasteiger partial charge on any atom is 0.241 e. The minimum atomic E-state index is -4.00. The van der Waals surface area contributed by atoms with Gasteiger partial charge < -0.3 is 5.11 Å². The molecule has 0 aliphatic carbocycles. The Kier molecular flexibility index (Phi) is 4.78. The molecule has 1 aromatic rings. The minimum Gasteiger partial charge on any atom is -0.396 e. The van der Waals surface area contributed by atoms with E-state index in [0.717, 1.165) is 12.1 Å². The largest absolute Gasteiger partial charge is 0.396 e. The van der Waals surface area contributed by atoms with E-state index >= 15 is 0 Å².